The molecule has 25 heavy (non-hydrogen) atoms. The average Bonchev–Trinajstić information content (AvgIpc) is 3.18. The van der Waals surface area contributed by atoms with E-state index in [1.165, 1.54) is 0 Å². The van der Waals surface area contributed by atoms with Crippen molar-refractivity contribution in [3.05, 3.63) is 36.7 Å². The van der Waals surface area contributed by atoms with Gasteiger partial charge in [0.25, 0.3) is 0 Å². The Labute approximate surface area is 144 Å². The van der Waals surface area contributed by atoms with E-state index in [0.29, 0.717) is 12.6 Å². The number of benzene rings is 1. The van der Waals surface area contributed by atoms with Gasteiger partial charge in [-0.05, 0) is 30.7 Å². The molecule has 8 heteroatoms. The Morgan fingerprint density at radius 2 is 2.12 bits per heavy atom. The van der Waals surface area contributed by atoms with Crippen LogP contribution in [0.25, 0.3) is 27.7 Å². The van der Waals surface area contributed by atoms with Gasteiger partial charge < -0.3 is 10.1 Å². The number of aryl methyl sites for hydroxylation is 1. The molecule has 3 heterocycles. The van der Waals surface area contributed by atoms with Gasteiger partial charge in [-0.2, -0.15) is 0 Å². The SMILES string of the molecule is COC[C@@H](C)Nc1ncc2c(-c3ccc4nnn(C)c4c3)ccn2n1. The quantitative estimate of drug-likeness (QED) is 0.601. The lowest BCUT2D eigenvalue weighted by Gasteiger charge is -2.12. The first-order valence-electron chi connectivity index (χ1n) is 8.05. The second-order valence-corrected chi connectivity index (χ2v) is 6.06. The Morgan fingerprint density at radius 1 is 1.24 bits per heavy atom. The van der Waals surface area contributed by atoms with Gasteiger partial charge in [-0.25, -0.2) is 14.2 Å². The summed E-state index contributed by atoms with van der Waals surface area (Å²) in [5.41, 5.74) is 4.96. The van der Waals surface area contributed by atoms with Crippen LogP contribution >= 0.6 is 0 Å². The minimum absolute atomic E-state index is 0.136. The van der Waals surface area contributed by atoms with E-state index < -0.39 is 0 Å². The van der Waals surface area contributed by atoms with Crippen molar-refractivity contribution in [1.29, 1.82) is 0 Å². The van der Waals surface area contributed by atoms with Crippen LogP contribution in [0.1, 0.15) is 6.92 Å². The zero-order valence-corrected chi connectivity index (χ0v) is 14.3. The van der Waals surface area contributed by atoms with Crippen LogP contribution in [0.2, 0.25) is 0 Å². The van der Waals surface area contributed by atoms with E-state index in [2.05, 4.69) is 31.8 Å². The number of nitrogens with zero attached hydrogens (tertiary/aromatic N) is 6. The van der Waals surface area contributed by atoms with Crippen molar-refractivity contribution in [3.8, 4) is 11.1 Å². The van der Waals surface area contributed by atoms with Crippen molar-refractivity contribution in [2.24, 2.45) is 7.05 Å². The minimum Gasteiger partial charge on any atom is -0.383 e. The Morgan fingerprint density at radius 3 is 2.96 bits per heavy atom. The van der Waals surface area contributed by atoms with Crippen molar-refractivity contribution in [2.45, 2.75) is 13.0 Å². The molecule has 1 aromatic carbocycles. The predicted molar refractivity (Wildman–Crippen MR) is 95.5 cm³/mol. The van der Waals surface area contributed by atoms with Gasteiger partial charge in [0.15, 0.2) is 0 Å². The lowest BCUT2D eigenvalue weighted by Crippen LogP contribution is -2.22. The summed E-state index contributed by atoms with van der Waals surface area (Å²) in [4.78, 5) is 4.43. The number of hydrogen-bond acceptors (Lipinski definition) is 6. The van der Waals surface area contributed by atoms with E-state index in [0.717, 1.165) is 27.7 Å². The minimum atomic E-state index is 0.136. The van der Waals surface area contributed by atoms with E-state index in [4.69, 9.17) is 4.74 Å². The summed E-state index contributed by atoms with van der Waals surface area (Å²) in [6, 6.07) is 8.27. The van der Waals surface area contributed by atoms with Gasteiger partial charge in [-0.3, -0.25) is 0 Å². The fraction of sp³-hybridized carbons (Fsp3) is 0.294. The summed E-state index contributed by atoms with van der Waals surface area (Å²) in [5, 5.41) is 15.9. The number of ether oxygens (including phenoxy) is 1. The molecule has 1 atom stereocenters. The monoisotopic (exact) mass is 337 g/mol. The molecule has 8 nitrogen and oxygen atoms in total. The largest absolute Gasteiger partial charge is 0.383 e. The average molecular weight is 337 g/mol. The third-order valence-electron chi connectivity index (χ3n) is 4.13. The van der Waals surface area contributed by atoms with Crippen molar-refractivity contribution in [2.75, 3.05) is 19.0 Å². The summed E-state index contributed by atoms with van der Waals surface area (Å²) in [6.45, 7) is 2.62. The van der Waals surface area contributed by atoms with Crippen LogP contribution in [0.4, 0.5) is 5.95 Å². The van der Waals surface area contributed by atoms with Crippen molar-refractivity contribution < 1.29 is 4.74 Å². The van der Waals surface area contributed by atoms with Crippen LogP contribution in [0.3, 0.4) is 0 Å². The highest BCUT2D eigenvalue weighted by atomic mass is 16.5. The van der Waals surface area contributed by atoms with Gasteiger partial charge >= 0.3 is 0 Å². The van der Waals surface area contributed by atoms with Crippen molar-refractivity contribution >= 4 is 22.5 Å². The van der Waals surface area contributed by atoms with Crippen LogP contribution in [0, 0.1) is 0 Å². The molecule has 0 aliphatic rings. The van der Waals surface area contributed by atoms with E-state index in [-0.39, 0.29) is 6.04 Å². The molecule has 128 valence electrons. The number of hydrogen-bond donors (Lipinski definition) is 1. The number of fused-ring (bicyclic) bond motifs is 2. The van der Waals surface area contributed by atoms with Crippen LogP contribution in [0.15, 0.2) is 36.7 Å². The lowest BCUT2D eigenvalue weighted by molar-refractivity contribution is 0.190. The molecule has 0 unspecified atom stereocenters. The Kier molecular flexibility index (Phi) is 3.81. The lowest BCUT2D eigenvalue weighted by atomic mass is 10.1. The highest BCUT2D eigenvalue weighted by molar-refractivity contribution is 5.87. The molecular formula is C17H19N7O. The normalized spacial score (nSPS) is 12.8. The number of anilines is 1. The molecule has 1 N–H and O–H groups in total. The smallest absolute Gasteiger partial charge is 0.241 e. The highest BCUT2D eigenvalue weighted by Gasteiger charge is 2.11. The topological polar surface area (TPSA) is 82.2 Å². The van der Waals surface area contributed by atoms with Gasteiger partial charge in [0, 0.05) is 32.0 Å². The van der Waals surface area contributed by atoms with E-state index in [1.54, 1.807) is 11.8 Å². The summed E-state index contributed by atoms with van der Waals surface area (Å²) in [5.74, 6) is 0.575. The maximum Gasteiger partial charge on any atom is 0.241 e. The first kappa shape index (κ1) is 15.5. The number of aromatic nitrogens is 6. The molecule has 0 aliphatic carbocycles. The predicted octanol–water partition coefficient (Wildman–Crippen LogP) is 2.12. The van der Waals surface area contributed by atoms with E-state index >= 15 is 0 Å². The van der Waals surface area contributed by atoms with Crippen molar-refractivity contribution in [3.63, 3.8) is 0 Å². The Balaban J connectivity index is 1.71. The van der Waals surface area contributed by atoms with Crippen LogP contribution in [-0.2, 0) is 11.8 Å². The maximum absolute atomic E-state index is 5.13. The Hall–Kier alpha value is -3.00. The summed E-state index contributed by atoms with van der Waals surface area (Å²) < 4.78 is 8.73. The van der Waals surface area contributed by atoms with Crippen LogP contribution in [-0.4, -0.2) is 49.4 Å². The molecule has 0 fully saturated rings. The van der Waals surface area contributed by atoms with Crippen LogP contribution in [0.5, 0.6) is 0 Å². The zero-order valence-electron chi connectivity index (χ0n) is 14.3. The van der Waals surface area contributed by atoms with Gasteiger partial charge in [0.2, 0.25) is 5.95 Å². The molecule has 3 aromatic heterocycles. The second-order valence-electron chi connectivity index (χ2n) is 6.06. The fourth-order valence-electron chi connectivity index (χ4n) is 2.92. The first-order valence-corrected chi connectivity index (χ1v) is 8.05. The maximum atomic E-state index is 5.13. The molecular weight excluding hydrogens is 318 g/mol. The molecule has 0 aliphatic heterocycles. The summed E-state index contributed by atoms with van der Waals surface area (Å²) in [7, 11) is 3.56. The van der Waals surface area contributed by atoms with E-state index in [1.807, 2.05) is 49.1 Å². The highest BCUT2D eigenvalue weighted by Crippen LogP contribution is 2.27. The van der Waals surface area contributed by atoms with Gasteiger partial charge in [-0.1, -0.05) is 11.3 Å². The van der Waals surface area contributed by atoms with E-state index in [9.17, 15) is 0 Å². The molecule has 0 spiro atoms. The number of rotatable bonds is 5. The van der Waals surface area contributed by atoms with Gasteiger partial charge in [-0.15, -0.1) is 10.2 Å². The Bertz CT molecular complexity index is 1040. The molecule has 4 rings (SSSR count). The summed E-state index contributed by atoms with van der Waals surface area (Å²) in [6.07, 6.45) is 3.76. The molecule has 0 bridgehead atoms. The fourth-order valence-corrected chi connectivity index (χ4v) is 2.92. The summed E-state index contributed by atoms with van der Waals surface area (Å²) >= 11 is 0. The molecule has 0 radical (unpaired) electrons. The van der Waals surface area contributed by atoms with Gasteiger partial charge in [0.1, 0.15) is 5.52 Å². The molecule has 0 saturated heterocycles. The van der Waals surface area contributed by atoms with Crippen molar-refractivity contribution in [1.82, 2.24) is 29.6 Å². The molecule has 0 saturated carbocycles. The number of nitrogens with one attached hydrogen (secondary N) is 1. The second kappa shape index (κ2) is 6.14. The zero-order chi connectivity index (χ0) is 17.4. The third kappa shape index (κ3) is 2.80. The third-order valence-corrected chi connectivity index (χ3v) is 4.13. The van der Waals surface area contributed by atoms with Gasteiger partial charge in [0.05, 0.1) is 23.8 Å². The molecule has 0 amide bonds. The number of methoxy groups -OCH3 is 1. The first-order chi connectivity index (χ1) is 12.2. The van der Waals surface area contributed by atoms with Crippen LogP contribution < -0.4 is 5.32 Å². The standard InChI is InChI=1S/C17H19N7O/c1-11(10-25-3)19-17-18-9-16-13(6-7-24(16)21-17)12-4-5-14-15(8-12)23(2)22-20-14/h4-9,11H,10H2,1-3H3,(H,19,21)/t11-/m1/s1. The molecule has 4 aromatic rings.